The molecule has 0 saturated carbocycles. The maximum Gasteiger partial charge on any atom is 0.335 e. The molecule has 29 heavy (non-hydrogen) atoms. The zero-order valence-corrected chi connectivity index (χ0v) is 17.1. The van der Waals surface area contributed by atoms with Gasteiger partial charge in [-0.3, -0.25) is 14.9 Å². The highest BCUT2D eigenvalue weighted by Gasteiger charge is 2.36. The quantitative estimate of drug-likeness (QED) is 0.579. The van der Waals surface area contributed by atoms with Crippen molar-refractivity contribution in [2.24, 2.45) is 0 Å². The second kappa shape index (κ2) is 8.49. The number of carbonyl (C=O) groups excluding carboxylic acids is 3. The minimum Gasteiger partial charge on any atom is -0.489 e. The van der Waals surface area contributed by atoms with Gasteiger partial charge in [-0.2, -0.15) is 0 Å². The van der Waals surface area contributed by atoms with Crippen LogP contribution in [0.1, 0.15) is 31.4 Å². The fourth-order valence-corrected chi connectivity index (χ4v) is 2.99. The van der Waals surface area contributed by atoms with Crippen LogP contribution in [0.3, 0.4) is 0 Å². The summed E-state index contributed by atoms with van der Waals surface area (Å²) in [5.74, 6) is -0.919. The number of carbonyl (C=O) groups is 3. The van der Waals surface area contributed by atoms with Crippen molar-refractivity contribution in [2.45, 2.75) is 33.3 Å². The summed E-state index contributed by atoms with van der Waals surface area (Å²) in [6, 6.07) is 11.1. The largest absolute Gasteiger partial charge is 0.489 e. The first-order valence-electron chi connectivity index (χ1n) is 9.24. The Bertz CT molecular complexity index is 998. The van der Waals surface area contributed by atoms with Crippen LogP contribution in [0.25, 0.3) is 6.08 Å². The molecule has 1 N–H and O–H groups in total. The zero-order valence-electron chi connectivity index (χ0n) is 16.4. The van der Waals surface area contributed by atoms with Crippen LogP contribution in [0.5, 0.6) is 5.75 Å². The van der Waals surface area contributed by atoms with E-state index in [0.717, 1.165) is 16.9 Å². The molecular formula is C22H21ClN2O4. The van der Waals surface area contributed by atoms with E-state index in [1.165, 1.54) is 6.08 Å². The summed E-state index contributed by atoms with van der Waals surface area (Å²) in [6.45, 7) is 5.84. The van der Waals surface area contributed by atoms with Crippen LogP contribution >= 0.6 is 11.6 Å². The van der Waals surface area contributed by atoms with Gasteiger partial charge < -0.3 is 4.74 Å². The number of nitrogens with one attached hydrogen (secondary N) is 1. The first-order valence-corrected chi connectivity index (χ1v) is 9.62. The van der Waals surface area contributed by atoms with Gasteiger partial charge >= 0.3 is 6.03 Å². The summed E-state index contributed by atoms with van der Waals surface area (Å²) in [4.78, 5) is 38.3. The fourth-order valence-electron chi connectivity index (χ4n) is 2.75. The predicted octanol–water partition coefficient (Wildman–Crippen LogP) is 4.49. The number of benzene rings is 2. The van der Waals surface area contributed by atoms with Gasteiger partial charge in [0.15, 0.2) is 0 Å². The third-order valence-electron chi connectivity index (χ3n) is 4.56. The number of hydrogen-bond acceptors (Lipinski definition) is 4. The molecule has 0 bridgehead atoms. The van der Waals surface area contributed by atoms with Gasteiger partial charge in [-0.05, 0) is 56.2 Å². The van der Waals surface area contributed by atoms with Crippen molar-refractivity contribution in [2.75, 3.05) is 4.90 Å². The molecular weight excluding hydrogens is 392 g/mol. The molecule has 1 heterocycles. The van der Waals surface area contributed by atoms with E-state index in [4.69, 9.17) is 16.3 Å². The number of barbiturate groups is 1. The Balaban J connectivity index is 1.92. The van der Waals surface area contributed by atoms with Crippen LogP contribution in [0.4, 0.5) is 10.5 Å². The van der Waals surface area contributed by atoms with E-state index in [0.29, 0.717) is 22.0 Å². The van der Waals surface area contributed by atoms with E-state index in [-0.39, 0.29) is 11.7 Å². The Hall–Kier alpha value is -3.12. The average Bonchev–Trinajstić information content (AvgIpc) is 2.68. The molecule has 1 atom stereocenters. The molecule has 0 unspecified atom stereocenters. The normalized spacial score (nSPS) is 16.8. The van der Waals surface area contributed by atoms with E-state index in [1.807, 2.05) is 20.8 Å². The van der Waals surface area contributed by atoms with E-state index in [1.54, 1.807) is 42.5 Å². The predicted molar refractivity (Wildman–Crippen MR) is 112 cm³/mol. The van der Waals surface area contributed by atoms with Crippen LogP contribution in [0.2, 0.25) is 5.02 Å². The molecule has 150 valence electrons. The lowest BCUT2D eigenvalue weighted by Crippen LogP contribution is -2.54. The summed E-state index contributed by atoms with van der Waals surface area (Å²) in [5.41, 5.74) is 1.76. The molecule has 0 aliphatic carbocycles. The molecule has 7 heteroatoms. The number of halogens is 1. The Morgan fingerprint density at radius 2 is 1.83 bits per heavy atom. The Kier molecular flexibility index (Phi) is 6.03. The van der Waals surface area contributed by atoms with Gasteiger partial charge in [0.2, 0.25) is 0 Å². The van der Waals surface area contributed by atoms with Crippen molar-refractivity contribution >= 4 is 41.2 Å². The number of imide groups is 2. The van der Waals surface area contributed by atoms with Gasteiger partial charge in [-0.1, -0.05) is 42.3 Å². The molecule has 4 amide bonds. The Labute approximate surface area is 174 Å². The van der Waals surface area contributed by atoms with Gasteiger partial charge in [0, 0.05) is 0 Å². The Morgan fingerprint density at radius 3 is 2.45 bits per heavy atom. The lowest BCUT2D eigenvalue weighted by atomic mass is 10.1. The highest BCUT2D eigenvalue weighted by Crippen LogP contribution is 2.29. The van der Waals surface area contributed by atoms with Crippen LogP contribution in [-0.4, -0.2) is 23.9 Å². The molecule has 1 saturated heterocycles. The SMILES string of the molecule is CC[C@@H](C)Oc1ccc(/C=C2/C(=O)NC(=O)N(c3ccc(C)cc3)C2=O)cc1Cl. The van der Waals surface area contributed by atoms with Crippen molar-refractivity contribution in [3.05, 3.63) is 64.2 Å². The van der Waals surface area contributed by atoms with E-state index in [9.17, 15) is 14.4 Å². The van der Waals surface area contributed by atoms with Crippen LogP contribution in [0.15, 0.2) is 48.0 Å². The van der Waals surface area contributed by atoms with Crippen molar-refractivity contribution < 1.29 is 19.1 Å². The Morgan fingerprint density at radius 1 is 1.14 bits per heavy atom. The third-order valence-corrected chi connectivity index (χ3v) is 4.86. The van der Waals surface area contributed by atoms with Crippen molar-refractivity contribution in [3.63, 3.8) is 0 Å². The molecule has 6 nitrogen and oxygen atoms in total. The van der Waals surface area contributed by atoms with Crippen molar-refractivity contribution in [3.8, 4) is 5.75 Å². The van der Waals surface area contributed by atoms with Crippen LogP contribution in [0, 0.1) is 6.92 Å². The number of urea groups is 1. The van der Waals surface area contributed by atoms with Crippen molar-refractivity contribution in [1.82, 2.24) is 5.32 Å². The average molecular weight is 413 g/mol. The van der Waals surface area contributed by atoms with Gasteiger partial charge in [0.25, 0.3) is 11.8 Å². The summed E-state index contributed by atoms with van der Waals surface area (Å²) in [5, 5.41) is 2.57. The lowest BCUT2D eigenvalue weighted by Gasteiger charge is -2.26. The number of amides is 4. The van der Waals surface area contributed by atoms with E-state index in [2.05, 4.69) is 5.32 Å². The fraction of sp³-hybridized carbons (Fsp3) is 0.227. The molecule has 1 fully saturated rings. The van der Waals surface area contributed by atoms with Crippen LogP contribution in [-0.2, 0) is 9.59 Å². The standard InChI is InChI=1S/C22H21ClN2O4/c1-4-14(3)29-19-10-7-15(12-18(19)23)11-17-20(26)24-22(28)25(21(17)27)16-8-5-13(2)6-9-16/h5-12,14H,4H2,1-3H3,(H,24,26,28)/b17-11-/t14-/m1/s1. The van der Waals surface area contributed by atoms with Crippen molar-refractivity contribution in [1.29, 1.82) is 0 Å². The maximum absolute atomic E-state index is 12.9. The molecule has 0 aromatic heterocycles. The number of ether oxygens (including phenoxy) is 1. The molecule has 3 rings (SSSR count). The second-order valence-electron chi connectivity index (χ2n) is 6.82. The van der Waals surface area contributed by atoms with Gasteiger partial charge in [0.05, 0.1) is 16.8 Å². The molecule has 2 aromatic carbocycles. The number of anilines is 1. The molecule has 0 radical (unpaired) electrons. The van der Waals surface area contributed by atoms with Gasteiger partial charge in [-0.15, -0.1) is 0 Å². The topological polar surface area (TPSA) is 75.7 Å². The summed E-state index contributed by atoms with van der Waals surface area (Å²) in [6.07, 6.45) is 2.25. The minimum absolute atomic E-state index is 0.0106. The lowest BCUT2D eigenvalue weighted by molar-refractivity contribution is -0.122. The molecule has 2 aromatic rings. The number of rotatable bonds is 5. The summed E-state index contributed by atoms with van der Waals surface area (Å²) < 4.78 is 5.73. The first-order chi connectivity index (χ1) is 13.8. The summed E-state index contributed by atoms with van der Waals surface area (Å²) >= 11 is 6.28. The molecule has 1 aliphatic rings. The minimum atomic E-state index is -0.781. The van der Waals surface area contributed by atoms with Crippen LogP contribution < -0.4 is 15.0 Å². The number of aryl methyl sites for hydroxylation is 1. The monoisotopic (exact) mass is 412 g/mol. The highest BCUT2D eigenvalue weighted by molar-refractivity contribution is 6.39. The molecule has 0 spiro atoms. The number of hydrogen-bond donors (Lipinski definition) is 1. The third kappa shape index (κ3) is 4.49. The van der Waals surface area contributed by atoms with E-state index < -0.39 is 17.8 Å². The molecule has 1 aliphatic heterocycles. The second-order valence-corrected chi connectivity index (χ2v) is 7.23. The zero-order chi connectivity index (χ0) is 21.1. The van der Waals surface area contributed by atoms with E-state index >= 15 is 0 Å². The highest BCUT2D eigenvalue weighted by atomic mass is 35.5. The number of nitrogens with zero attached hydrogens (tertiary/aromatic N) is 1. The summed E-state index contributed by atoms with van der Waals surface area (Å²) in [7, 11) is 0. The first kappa shape index (κ1) is 20.6. The van der Waals surface area contributed by atoms with Gasteiger partial charge in [0.1, 0.15) is 11.3 Å². The maximum atomic E-state index is 12.9. The van der Waals surface area contributed by atoms with Gasteiger partial charge in [-0.25, -0.2) is 9.69 Å². The smallest absolute Gasteiger partial charge is 0.335 e.